The number of carbonyl (C=O) groups excluding carboxylic acids is 2. The first-order chi connectivity index (χ1) is 10.9. The van der Waals surface area contributed by atoms with Crippen LogP contribution in [0.25, 0.3) is 0 Å². The Bertz CT molecular complexity index is 586. The van der Waals surface area contributed by atoms with Gasteiger partial charge < -0.3 is 15.8 Å². The molecule has 1 saturated carbocycles. The minimum Gasteiger partial charge on any atom is -0.452 e. The third kappa shape index (κ3) is 4.47. The smallest absolute Gasteiger partial charge is 0.338 e. The summed E-state index contributed by atoms with van der Waals surface area (Å²) in [6.45, 7) is 5.98. The van der Waals surface area contributed by atoms with Gasteiger partial charge in [-0.1, -0.05) is 32.8 Å². The van der Waals surface area contributed by atoms with Crippen molar-refractivity contribution in [3.8, 4) is 0 Å². The molecule has 0 spiro atoms. The van der Waals surface area contributed by atoms with E-state index in [1.807, 2.05) is 6.92 Å². The van der Waals surface area contributed by atoms with Gasteiger partial charge in [0, 0.05) is 11.7 Å². The molecule has 1 fully saturated rings. The second-order valence-corrected chi connectivity index (χ2v) is 6.59. The number of amides is 1. The molecular weight excluding hydrogens is 292 g/mol. The van der Waals surface area contributed by atoms with Gasteiger partial charge in [-0.05, 0) is 42.9 Å². The molecule has 5 heteroatoms. The lowest BCUT2D eigenvalue weighted by molar-refractivity contribution is -0.125. The highest BCUT2D eigenvalue weighted by molar-refractivity contribution is 5.92. The van der Waals surface area contributed by atoms with Gasteiger partial charge in [0.15, 0.2) is 6.61 Å². The van der Waals surface area contributed by atoms with Crippen molar-refractivity contribution < 1.29 is 14.3 Å². The molecule has 3 N–H and O–H groups in total. The number of rotatable bonds is 4. The molecule has 1 aliphatic carbocycles. The highest BCUT2D eigenvalue weighted by Crippen LogP contribution is 2.29. The maximum absolute atomic E-state index is 12.0. The highest BCUT2D eigenvalue weighted by Gasteiger charge is 2.28. The normalized spacial score (nSPS) is 24.0. The summed E-state index contributed by atoms with van der Waals surface area (Å²) in [5.41, 5.74) is 7.58. The van der Waals surface area contributed by atoms with E-state index in [1.165, 1.54) is 6.42 Å². The summed E-state index contributed by atoms with van der Waals surface area (Å²) in [7, 11) is 0. The maximum Gasteiger partial charge on any atom is 0.338 e. The van der Waals surface area contributed by atoms with Crippen LogP contribution < -0.4 is 11.1 Å². The summed E-state index contributed by atoms with van der Waals surface area (Å²) in [5, 5.41) is 2.99. The average Bonchev–Trinajstić information content (AvgIpc) is 2.52. The molecule has 0 bridgehead atoms. The van der Waals surface area contributed by atoms with Gasteiger partial charge in [-0.25, -0.2) is 4.79 Å². The molecule has 5 nitrogen and oxygen atoms in total. The number of benzene rings is 1. The van der Waals surface area contributed by atoms with E-state index in [0.717, 1.165) is 18.4 Å². The van der Waals surface area contributed by atoms with Gasteiger partial charge >= 0.3 is 5.97 Å². The van der Waals surface area contributed by atoms with Crippen molar-refractivity contribution in [2.24, 2.45) is 11.8 Å². The molecule has 1 aromatic rings. The average molecular weight is 318 g/mol. The van der Waals surface area contributed by atoms with Crippen molar-refractivity contribution in [3.05, 3.63) is 29.3 Å². The van der Waals surface area contributed by atoms with Crippen molar-refractivity contribution in [2.75, 3.05) is 12.3 Å². The molecule has 1 amide bonds. The number of aryl methyl sites for hydroxylation is 1. The topological polar surface area (TPSA) is 81.4 Å². The first-order valence-electron chi connectivity index (χ1n) is 8.21. The van der Waals surface area contributed by atoms with E-state index in [4.69, 9.17) is 10.5 Å². The van der Waals surface area contributed by atoms with E-state index in [9.17, 15) is 9.59 Å². The Labute approximate surface area is 137 Å². The molecular formula is C18H26N2O3. The Morgan fingerprint density at radius 1 is 1.30 bits per heavy atom. The summed E-state index contributed by atoms with van der Waals surface area (Å²) >= 11 is 0. The number of nitrogen functional groups attached to an aromatic ring is 1. The Hall–Kier alpha value is -2.04. The fraction of sp³-hybridized carbons (Fsp3) is 0.556. The lowest BCUT2D eigenvalue weighted by Crippen LogP contribution is -2.45. The second kappa shape index (κ2) is 7.49. The van der Waals surface area contributed by atoms with Crippen LogP contribution in [0.2, 0.25) is 0 Å². The largest absolute Gasteiger partial charge is 0.452 e. The van der Waals surface area contributed by atoms with E-state index in [1.54, 1.807) is 18.2 Å². The third-order valence-corrected chi connectivity index (χ3v) is 4.90. The second-order valence-electron chi connectivity index (χ2n) is 6.59. The van der Waals surface area contributed by atoms with E-state index in [0.29, 0.717) is 23.1 Å². The summed E-state index contributed by atoms with van der Waals surface area (Å²) < 4.78 is 5.08. The number of carbonyl (C=O) groups is 2. The lowest BCUT2D eigenvalue weighted by atomic mass is 9.78. The van der Waals surface area contributed by atoms with Crippen molar-refractivity contribution in [1.82, 2.24) is 5.32 Å². The van der Waals surface area contributed by atoms with Gasteiger partial charge in [0.2, 0.25) is 0 Å². The first kappa shape index (κ1) is 17.3. The Kier molecular flexibility index (Phi) is 5.64. The Morgan fingerprint density at radius 3 is 2.74 bits per heavy atom. The number of ether oxygens (including phenoxy) is 1. The van der Waals surface area contributed by atoms with E-state index < -0.39 is 5.97 Å². The van der Waals surface area contributed by atoms with E-state index in [2.05, 4.69) is 19.2 Å². The van der Waals surface area contributed by atoms with E-state index in [-0.39, 0.29) is 18.6 Å². The van der Waals surface area contributed by atoms with Crippen LogP contribution in [0.3, 0.4) is 0 Å². The zero-order chi connectivity index (χ0) is 17.0. The number of anilines is 1. The summed E-state index contributed by atoms with van der Waals surface area (Å²) in [6, 6.07) is 5.15. The predicted octanol–water partition coefficient (Wildman–Crippen LogP) is 2.67. The van der Waals surface area contributed by atoms with Gasteiger partial charge in [-0.2, -0.15) is 0 Å². The fourth-order valence-electron chi connectivity index (χ4n) is 3.02. The zero-order valence-corrected chi connectivity index (χ0v) is 14.1. The standard InChI is InChI=1S/C18H26N2O3/c1-11-5-4-6-16(13(11)3)20-17(21)10-23-18(22)14-8-7-12(2)15(19)9-14/h7-9,11,13,16H,4-6,10,19H2,1-3H3,(H,20,21)/t11-,13+,16-/m0/s1. The Morgan fingerprint density at radius 2 is 2.04 bits per heavy atom. The lowest BCUT2D eigenvalue weighted by Gasteiger charge is -2.34. The molecule has 1 aliphatic rings. The van der Waals surface area contributed by atoms with Crippen LogP contribution in [0.1, 0.15) is 49.0 Å². The molecule has 1 aromatic carbocycles. The number of nitrogens with one attached hydrogen (secondary N) is 1. The van der Waals surface area contributed by atoms with Crippen LogP contribution in [-0.2, 0) is 9.53 Å². The third-order valence-electron chi connectivity index (χ3n) is 4.90. The Balaban J connectivity index is 1.84. The van der Waals surface area contributed by atoms with Crippen LogP contribution in [-0.4, -0.2) is 24.5 Å². The van der Waals surface area contributed by atoms with E-state index >= 15 is 0 Å². The molecule has 23 heavy (non-hydrogen) atoms. The van der Waals surface area contributed by atoms with Crippen LogP contribution in [0.15, 0.2) is 18.2 Å². The number of hydrogen-bond acceptors (Lipinski definition) is 4. The molecule has 0 heterocycles. The van der Waals surface area contributed by atoms with Gasteiger partial charge in [0.25, 0.3) is 5.91 Å². The minimum absolute atomic E-state index is 0.167. The maximum atomic E-state index is 12.0. The van der Waals surface area contributed by atoms with Crippen molar-refractivity contribution in [2.45, 2.75) is 46.1 Å². The predicted molar refractivity (Wildman–Crippen MR) is 90.0 cm³/mol. The van der Waals surface area contributed by atoms with Crippen molar-refractivity contribution >= 4 is 17.6 Å². The van der Waals surface area contributed by atoms with Gasteiger partial charge in [-0.15, -0.1) is 0 Å². The zero-order valence-electron chi connectivity index (χ0n) is 14.1. The SMILES string of the molecule is Cc1ccc(C(=O)OCC(=O)N[C@H]2CCC[C@H](C)[C@H]2C)cc1N. The van der Waals surface area contributed by atoms with Crippen LogP contribution in [0.5, 0.6) is 0 Å². The molecule has 3 atom stereocenters. The van der Waals surface area contributed by atoms with Gasteiger partial charge in [0.05, 0.1) is 5.56 Å². The van der Waals surface area contributed by atoms with Crippen molar-refractivity contribution in [1.29, 1.82) is 0 Å². The van der Waals surface area contributed by atoms with Gasteiger partial charge in [0.1, 0.15) is 0 Å². The van der Waals surface area contributed by atoms with Gasteiger partial charge in [-0.3, -0.25) is 4.79 Å². The molecule has 0 radical (unpaired) electrons. The summed E-state index contributed by atoms with van der Waals surface area (Å²) in [6.07, 6.45) is 3.32. The minimum atomic E-state index is -0.531. The fourth-order valence-corrected chi connectivity index (χ4v) is 3.02. The molecule has 0 saturated heterocycles. The van der Waals surface area contributed by atoms with Crippen LogP contribution in [0.4, 0.5) is 5.69 Å². The van der Waals surface area contributed by atoms with Crippen molar-refractivity contribution in [3.63, 3.8) is 0 Å². The number of esters is 1. The number of nitrogens with two attached hydrogens (primary N) is 1. The summed E-state index contributed by atoms with van der Waals surface area (Å²) in [5.74, 6) is 0.272. The highest BCUT2D eigenvalue weighted by atomic mass is 16.5. The first-order valence-corrected chi connectivity index (χ1v) is 8.21. The molecule has 2 rings (SSSR count). The molecule has 0 aliphatic heterocycles. The quantitative estimate of drug-likeness (QED) is 0.660. The number of hydrogen-bond donors (Lipinski definition) is 2. The van der Waals surface area contributed by atoms with Crippen LogP contribution >= 0.6 is 0 Å². The molecule has 0 unspecified atom stereocenters. The molecule has 126 valence electrons. The summed E-state index contributed by atoms with van der Waals surface area (Å²) in [4.78, 5) is 24.0. The molecule has 0 aromatic heterocycles. The monoisotopic (exact) mass is 318 g/mol. The van der Waals surface area contributed by atoms with Crippen LogP contribution in [0, 0.1) is 18.8 Å².